The number of anilines is 1. The lowest BCUT2D eigenvalue weighted by Gasteiger charge is -2.29. The summed E-state index contributed by atoms with van der Waals surface area (Å²) >= 11 is 6.01. The molecule has 0 bridgehead atoms. The molecule has 42 heavy (non-hydrogen) atoms. The van der Waals surface area contributed by atoms with Crippen LogP contribution in [0.3, 0.4) is 0 Å². The van der Waals surface area contributed by atoms with Crippen LogP contribution >= 0.6 is 11.6 Å². The minimum Gasteiger partial charge on any atom is -0.484 e. The molecule has 0 fully saturated rings. The summed E-state index contributed by atoms with van der Waals surface area (Å²) in [6.07, 6.45) is 0. The van der Waals surface area contributed by atoms with Gasteiger partial charge in [-0.15, -0.1) is 0 Å². The van der Waals surface area contributed by atoms with Gasteiger partial charge in [0.2, 0.25) is 5.91 Å². The minimum absolute atomic E-state index is 0.0430. The molecule has 0 heterocycles. The second-order valence-corrected chi connectivity index (χ2v) is 11.5. The fourth-order valence-corrected chi connectivity index (χ4v) is 5.16. The maximum atomic E-state index is 13.3. The van der Waals surface area contributed by atoms with Gasteiger partial charge in [-0.1, -0.05) is 54.1 Å². The van der Waals surface area contributed by atoms with Crippen LogP contribution in [0.4, 0.5) is 10.1 Å². The van der Waals surface area contributed by atoms with Gasteiger partial charge in [-0.05, 0) is 78.7 Å². The molecule has 2 amide bonds. The molecule has 4 rings (SSSR count). The number of rotatable bonds is 12. The van der Waals surface area contributed by atoms with E-state index < -0.39 is 27.8 Å². The number of amides is 2. The molecule has 0 aliphatic rings. The zero-order chi connectivity index (χ0) is 30.1. The fourth-order valence-electron chi connectivity index (χ4n) is 3.98. The van der Waals surface area contributed by atoms with Gasteiger partial charge < -0.3 is 15.0 Å². The number of carbonyl (C=O) groups excluding carboxylic acids is 2. The molecular formula is C31H29ClFN3O5S. The lowest BCUT2D eigenvalue weighted by molar-refractivity contribution is -0.142. The molecule has 0 aliphatic carbocycles. The van der Waals surface area contributed by atoms with Crippen LogP contribution in [0.1, 0.15) is 18.1 Å². The summed E-state index contributed by atoms with van der Waals surface area (Å²) in [7, 11) is -3.93. The summed E-state index contributed by atoms with van der Waals surface area (Å²) in [4.78, 5) is 27.7. The molecule has 0 aromatic heterocycles. The van der Waals surface area contributed by atoms with E-state index in [9.17, 15) is 22.4 Å². The highest BCUT2D eigenvalue weighted by atomic mass is 35.5. The Morgan fingerprint density at radius 3 is 2.17 bits per heavy atom. The van der Waals surface area contributed by atoms with E-state index in [1.807, 2.05) is 30.3 Å². The zero-order valence-electron chi connectivity index (χ0n) is 22.7. The van der Waals surface area contributed by atoms with Crippen molar-refractivity contribution in [3.05, 3.63) is 125 Å². The van der Waals surface area contributed by atoms with Crippen LogP contribution in [0.25, 0.3) is 0 Å². The van der Waals surface area contributed by atoms with E-state index in [-0.39, 0.29) is 35.4 Å². The molecule has 4 aromatic carbocycles. The highest BCUT2D eigenvalue weighted by Crippen LogP contribution is 2.20. The first kappa shape index (κ1) is 30.5. The molecule has 0 unspecified atom stereocenters. The Hall–Kier alpha value is -4.41. The number of hydrogen-bond acceptors (Lipinski definition) is 5. The van der Waals surface area contributed by atoms with Crippen LogP contribution < -0.4 is 14.8 Å². The second kappa shape index (κ2) is 14.0. The van der Waals surface area contributed by atoms with Gasteiger partial charge >= 0.3 is 0 Å². The smallest absolute Gasteiger partial charge is 0.261 e. The number of nitrogens with one attached hydrogen (secondary N) is 2. The Morgan fingerprint density at radius 2 is 1.52 bits per heavy atom. The second-order valence-electron chi connectivity index (χ2n) is 9.40. The lowest BCUT2D eigenvalue weighted by atomic mass is 10.1. The SMILES string of the molecule is C[C@@H](C(=O)NCc1ccccc1)N(Cc1ccc(Cl)cc1)C(=O)COc1ccc(S(=O)(=O)Nc2ccc(F)cc2)cc1. The van der Waals surface area contributed by atoms with E-state index in [2.05, 4.69) is 10.0 Å². The average Bonchev–Trinajstić information content (AvgIpc) is 3.00. The van der Waals surface area contributed by atoms with Gasteiger partial charge in [0.05, 0.1) is 4.90 Å². The van der Waals surface area contributed by atoms with Gasteiger partial charge in [0.25, 0.3) is 15.9 Å². The Bertz CT molecular complexity index is 1600. The molecule has 0 saturated heterocycles. The van der Waals surface area contributed by atoms with Gasteiger partial charge in [0.15, 0.2) is 6.61 Å². The number of hydrogen-bond donors (Lipinski definition) is 2. The normalized spacial score (nSPS) is 11.8. The van der Waals surface area contributed by atoms with E-state index in [1.165, 1.54) is 41.3 Å². The van der Waals surface area contributed by atoms with E-state index in [1.54, 1.807) is 31.2 Å². The summed E-state index contributed by atoms with van der Waals surface area (Å²) in [6.45, 7) is 1.71. The molecule has 2 N–H and O–H groups in total. The van der Waals surface area contributed by atoms with Crippen LogP contribution in [-0.4, -0.2) is 37.8 Å². The number of sulfonamides is 1. The van der Waals surface area contributed by atoms with Gasteiger partial charge in [0, 0.05) is 23.8 Å². The van der Waals surface area contributed by atoms with Crippen LogP contribution in [0, 0.1) is 5.82 Å². The molecule has 0 saturated carbocycles. The molecule has 4 aromatic rings. The molecule has 0 aliphatic heterocycles. The quantitative estimate of drug-likeness (QED) is 0.224. The zero-order valence-corrected chi connectivity index (χ0v) is 24.2. The first-order valence-corrected chi connectivity index (χ1v) is 14.8. The predicted molar refractivity (Wildman–Crippen MR) is 159 cm³/mol. The van der Waals surface area contributed by atoms with Crippen molar-refractivity contribution >= 4 is 39.1 Å². The highest BCUT2D eigenvalue weighted by Gasteiger charge is 2.26. The van der Waals surface area contributed by atoms with Gasteiger partial charge in [0.1, 0.15) is 17.6 Å². The standard InChI is InChI=1S/C31H29ClFN3O5S/c1-22(31(38)34-19-23-5-3-2-4-6-23)36(20-24-7-9-25(32)10-8-24)30(37)21-41-28-15-17-29(18-16-28)42(39,40)35-27-13-11-26(33)12-14-27/h2-18,22,35H,19-21H2,1H3,(H,34,38)/t22-/m0/s1. The van der Waals surface area contributed by atoms with E-state index >= 15 is 0 Å². The van der Waals surface area contributed by atoms with Crippen molar-refractivity contribution in [1.82, 2.24) is 10.2 Å². The van der Waals surface area contributed by atoms with Crippen molar-refractivity contribution in [3.8, 4) is 5.75 Å². The first-order valence-electron chi connectivity index (χ1n) is 13.0. The molecule has 11 heteroatoms. The number of carbonyl (C=O) groups is 2. The average molecular weight is 610 g/mol. The van der Waals surface area contributed by atoms with Crippen molar-refractivity contribution in [2.24, 2.45) is 0 Å². The topological polar surface area (TPSA) is 105 Å². The number of benzene rings is 4. The largest absolute Gasteiger partial charge is 0.484 e. The van der Waals surface area contributed by atoms with E-state index in [0.717, 1.165) is 23.3 Å². The third kappa shape index (κ3) is 8.55. The lowest BCUT2D eigenvalue weighted by Crippen LogP contribution is -2.48. The Kier molecular flexibility index (Phi) is 10.2. The molecule has 8 nitrogen and oxygen atoms in total. The first-order chi connectivity index (χ1) is 20.1. The van der Waals surface area contributed by atoms with Crippen molar-refractivity contribution in [3.63, 3.8) is 0 Å². The Balaban J connectivity index is 1.41. The maximum Gasteiger partial charge on any atom is 0.261 e. The molecular weight excluding hydrogens is 581 g/mol. The van der Waals surface area contributed by atoms with Crippen molar-refractivity contribution in [1.29, 1.82) is 0 Å². The van der Waals surface area contributed by atoms with Gasteiger partial charge in [-0.3, -0.25) is 14.3 Å². The fraction of sp³-hybridized carbons (Fsp3) is 0.161. The van der Waals surface area contributed by atoms with Gasteiger partial charge in [-0.2, -0.15) is 0 Å². The van der Waals surface area contributed by atoms with Gasteiger partial charge in [-0.25, -0.2) is 12.8 Å². The predicted octanol–water partition coefficient (Wildman–Crippen LogP) is 5.39. The highest BCUT2D eigenvalue weighted by molar-refractivity contribution is 7.92. The van der Waals surface area contributed by atoms with Crippen LogP contribution in [0.15, 0.2) is 108 Å². The number of nitrogens with zero attached hydrogens (tertiary/aromatic N) is 1. The van der Waals surface area contributed by atoms with Crippen molar-refractivity contribution in [2.75, 3.05) is 11.3 Å². The third-order valence-electron chi connectivity index (χ3n) is 6.34. The summed E-state index contributed by atoms with van der Waals surface area (Å²) in [5, 5.41) is 3.42. The third-order valence-corrected chi connectivity index (χ3v) is 7.98. The summed E-state index contributed by atoms with van der Waals surface area (Å²) in [5.41, 5.74) is 1.92. The summed E-state index contributed by atoms with van der Waals surface area (Å²) in [6, 6.07) is 26.0. The van der Waals surface area contributed by atoms with Crippen molar-refractivity contribution in [2.45, 2.75) is 31.0 Å². The molecule has 218 valence electrons. The molecule has 0 radical (unpaired) electrons. The monoisotopic (exact) mass is 609 g/mol. The number of halogens is 2. The maximum absolute atomic E-state index is 13.3. The Labute approximate surface area is 249 Å². The van der Waals surface area contributed by atoms with Crippen LogP contribution in [0.2, 0.25) is 5.02 Å². The number of ether oxygens (including phenoxy) is 1. The molecule has 1 atom stereocenters. The minimum atomic E-state index is -3.93. The van der Waals surface area contributed by atoms with E-state index in [4.69, 9.17) is 16.3 Å². The van der Waals surface area contributed by atoms with Crippen molar-refractivity contribution < 1.29 is 27.1 Å². The van der Waals surface area contributed by atoms with Crippen LogP contribution in [-0.2, 0) is 32.7 Å². The van der Waals surface area contributed by atoms with Crippen LogP contribution in [0.5, 0.6) is 5.75 Å². The van der Waals surface area contributed by atoms with E-state index in [0.29, 0.717) is 11.6 Å². The molecule has 0 spiro atoms. The summed E-state index contributed by atoms with van der Waals surface area (Å²) < 4.78 is 46.5. The Morgan fingerprint density at radius 1 is 0.881 bits per heavy atom. The summed E-state index contributed by atoms with van der Waals surface area (Å²) in [5.74, 6) is -0.994.